The van der Waals surface area contributed by atoms with E-state index >= 15 is 0 Å². The Morgan fingerprint density at radius 3 is 2.32 bits per heavy atom. The Kier molecular flexibility index (Phi) is 9.04. The average Bonchev–Trinajstić information content (AvgIpc) is 2.85. The lowest BCUT2D eigenvalue weighted by atomic mass is 9.54. The summed E-state index contributed by atoms with van der Waals surface area (Å²) < 4.78 is 22.9. The van der Waals surface area contributed by atoms with Gasteiger partial charge in [0.15, 0.2) is 12.6 Å². The minimum absolute atomic E-state index is 0.0910. The van der Waals surface area contributed by atoms with Gasteiger partial charge in [-0.25, -0.2) is 0 Å². The van der Waals surface area contributed by atoms with Gasteiger partial charge in [-0.1, -0.05) is 32.9 Å². The summed E-state index contributed by atoms with van der Waals surface area (Å²) >= 11 is 0. The Labute approximate surface area is 217 Å². The first kappa shape index (κ1) is 29.3. The lowest BCUT2D eigenvalue weighted by Crippen LogP contribution is -2.62. The molecule has 37 heavy (non-hydrogen) atoms. The van der Waals surface area contributed by atoms with Crippen molar-refractivity contribution in [2.24, 2.45) is 23.2 Å². The average molecular weight is 533 g/mol. The molecule has 0 aromatic carbocycles. The second-order valence-corrected chi connectivity index (χ2v) is 11.9. The van der Waals surface area contributed by atoms with E-state index in [2.05, 4.69) is 20.4 Å². The fourth-order valence-electron chi connectivity index (χ4n) is 6.55. The molecule has 2 aliphatic heterocycles. The number of allylic oxidation sites excluding steroid dienone is 1. The van der Waals surface area contributed by atoms with Gasteiger partial charge in [0.05, 0.1) is 25.4 Å². The molecule has 11 nitrogen and oxygen atoms in total. The first-order valence-electron chi connectivity index (χ1n) is 13.3. The number of aliphatic hydroxyl groups is 7. The van der Waals surface area contributed by atoms with E-state index < -0.39 is 66.8 Å². The molecule has 4 fully saturated rings. The highest BCUT2D eigenvalue weighted by molar-refractivity contribution is 5.16. The second-order valence-electron chi connectivity index (χ2n) is 11.9. The van der Waals surface area contributed by atoms with Crippen molar-refractivity contribution in [3.8, 4) is 0 Å². The van der Waals surface area contributed by atoms with Crippen LogP contribution in [0.5, 0.6) is 0 Å². The third-order valence-corrected chi connectivity index (χ3v) is 9.13. The zero-order valence-electron chi connectivity index (χ0n) is 21.8. The van der Waals surface area contributed by atoms with Crippen molar-refractivity contribution in [2.75, 3.05) is 13.2 Å². The SMILES string of the molecule is C=C1CCC(O)C2(C)CC(OC3OC(COC4OCC(O)C(O)C4O)C(O)C(O)C3O)C(C(C)C)CC12. The molecule has 14 unspecified atom stereocenters. The molecule has 2 aliphatic carbocycles. The van der Waals surface area contributed by atoms with Crippen LogP contribution in [0.25, 0.3) is 0 Å². The van der Waals surface area contributed by atoms with Crippen molar-refractivity contribution in [1.29, 1.82) is 0 Å². The van der Waals surface area contributed by atoms with Crippen LogP contribution in [0.4, 0.5) is 0 Å². The van der Waals surface area contributed by atoms with Crippen LogP contribution in [0, 0.1) is 23.2 Å². The summed E-state index contributed by atoms with van der Waals surface area (Å²) in [6, 6.07) is 0. The van der Waals surface area contributed by atoms with E-state index in [1.165, 1.54) is 0 Å². The van der Waals surface area contributed by atoms with Crippen LogP contribution < -0.4 is 0 Å². The maximum atomic E-state index is 10.9. The summed E-state index contributed by atoms with van der Waals surface area (Å²) in [5.74, 6) is 0.488. The van der Waals surface area contributed by atoms with E-state index in [0.717, 1.165) is 18.4 Å². The highest BCUT2D eigenvalue weighted by Gasteiger charge is 2.54. The quantitative estimate of drug-likeness (QED) is 0.165. The highest BCUT2D eigenvalue weighted by atomic mass is 16.7. The summed E-state index contributed by atoms with van der Waals surface area (Å²) in [5.41, 5.74) is 0.706. The standard InChI is InChI=1S/C26H44O11/c1-11(2)13-7-14-12(3)5-6-18(28)26(14,4)8-16(13)36-25-23(33)21(31)20(30)17(37-25)10-35-24-22(32)19(29)15(27)9-34-24/h11,13-25,27-33H,3,5-10H2,1-2,4H3. The van der Waals surface area contributed by atoms with Gasteiger partial charge in [-0.15, -0.1) is 0 Å². The van der Waals surface area contributed by atoms with Gasteiger partial charge in [0, 0.05) is 5.41 Å². The van der Waals surface area contributed by atoms with Crippen LogP contribution >= 0.6 is 0 Å². The molecular formula is C26H44O11. The van der Waals surface area contributed by atoms with Gasteiger partial charge < -0.3 is 54.7 Å². The smallest absolute Gasteiger partial charge is 0.186 e. The summed E-state index contributed by atoms with van der Waals surface area (Å²) in [7, 11) is 0. The zero-order valence-corrected chi connectivity index (χ0v) is 21.8. The maximum Gasteiger partial charge on any atom is 0.186 e. The molecule has 4 aliphatic rings. The summed E-state index contributed by atoms with van der Waals surface area (Å²) in [4.78, 5) is 0. The van der Waals surface area contributed by atoms with E-state index in [1.807, 2.05) is 6.92 Å². The molecule has 2 saturated heterocycles. The van der Waals surface area contributed by atoms with E-state index in [-0.39, 0.29) is 37.1 Å². The van der Waals surface area contributed by atoms with E-state index in [9.17, 15) is 35.7 Å². The molecule has 0 spiro atoms. The molecule has 0 amide bonds. The molecule has 4 rings (SSSR count). The Hall–Kier alpha value is -0.700. The van der Waals surface area contributed by atoms with Crippen LogP contribution in [0.15, 0.2) is 12.2 Å². The first-order valence-corrected chi connectivity index (χ1v) is 13.3. The van der Waals surface area contributed by atoms with Gasteiger partial charge >= 0.3 is 0 Å². The molecule has 11 heteroatoms. The molecule has 0 radical (unpaired) electrons. The number of hydrogen-bond donors (Lipinski definition) is 7. The normalized spacial score (nSPS) is 51.2. The predicted molar refractivity (Wildman–Crippen MR) is 129 cm³/mol. The number of ether oxygens (including phenoxy) is 4. The third-order valence-electron chi connectivity index (χ3n) is 9.13. The largest absolute Gasteiger partial charge is 0.393 e. The third kappa shape index (κ3) is 5.64. The van der Waals surface area contributed by atoms with Crippen molar-refractivity contribution in [3.05, 3.63) is 12.2 Å². The summed E-state index contributed by atoms with van der Waals surface area (Å²) in [6.07, 6.45) is -10.7. The van der Waals surface area contributed by atoms with Gasteiger partial charge in [-0.05, 0) is 43.4 Å². The van der Waals surface area contributed by atoms with Crippen LogP contribution in [-0.2, 0) is 18.9 Å². The highest BCUT2D eigenvalue weighted by Crippen LogP contribution is 2.55. The zero-order chi connectivity index (χ0) is 27.2. The van der Waals surface area contributed by atoms with Crippen molar-refractivity contribution >= 4 is 0 Å². The fourth-order valence-corrected chi connectivity index (χ4v) is 6.55. The topological polar surface area (TPSA) is 179 Å². The molecule has 0 aromatic heterocycles. The first-order chi connectivity index (χ1) is 17.3. The molecule has 14 atom stereocenters. The molecule has 7 N–H and O–H groups in total. The molecule has 2 heterocycles. The second kappa shape index (κ2) is 11.4. The minimum Gasteiger partial charge on any atom is -0.393 e. The van der Waals surface area contributed by atoms with Crippen LogP contribution in [-0.4, -0.2) is 116 Å². The fraction of sp³-hybridized carbons (Fsp3) is 0.923. The van der Waals surface area contributed by atoms with Crippen molar-refractivity contribution in [1.82, 2.24) is 0 Å². The lowest BCUT2D eigenvalue weighted by molar-refractivity contribution is -0.335. The van der Waals surface area contributed by atoms with Gasteiger partial charge in [0.1, 0.15) is 42.7 Å². The molecule has 2 saturated carbocycles. The van der Waals surface area contributed by atoms with Crippen molar-refractivity contribution in [3.63, 3.8) is 0 Å². The van der Waals surface area contributed by atoms with Crippen LogP contribution in [0.3, 0.4) is 0 Å². The lowest BCUT2D eigenvalue weighted by Gasteiger charge is -2.55. The van der Waals surface area contributed by atoms with E-state index in [4.69, 9.17) is 18.9 Å². The number of rotatable bonds is 6. The van der Waals surface area contributed by atoms with Gasteiger partial charge in [-0.2, -0.15) is 0 Å². The summed E-state index contributed by atoms with van der Waals surface area (Å²) in [5, 5.41) is 72.3. The number of fused-ring (bicyclic) bond motifs is 1. The Morgan fingerprint density at radius 2 is 1.65 bits per heavy atom. The van der Waals surface area contributed by atoms with Gasteiger partial charge in [0.25, 0.3) is 0 Å². The van der Waals surface area contributed by atoms with Crippen molar-refractivity contribution < 1.29 is 54.7 Å². The van der Waals surface area contributed by atoms with E-state index in [0.29, 0.717) is 12.8 Å². The van der Waals surface area contributed by atoms with Crippen molar-refractivity contribution in [2.45, 2.75) is 114 Å². The summed E-state index contributed by atoms with van der Waals surface area (Å²) in [6.45, 7) is 9.93. The molecule has 0 aromatic rings. The molecule has 214 valence electrons. The Bertz CT molecular complexity index is 794. The van der Waals surface area contributed by atoms with Crippen LogP contribution in [0.1, 0.15) is 46.5 Å². The van der Waals surface area contributed by atoms with Gasteiger partial charge in [-0.3, -0.25) is 0 Å². The van der Waals surface area contributed by atoms with Crippen LogP contribution in [0.2, 0.25) is 0 Å². The molecular weight excluding hydrogens is 488 g/mol. The molecule has 0 bridgehead atoms. The Balaban J connectivity index is 1.45. The monoisotopic (exact) mass is 532 g/mol. The van der Waals surface area contributed by atoms with E-state index in [1.54, 1.807) is 0 Å². The maximum absolute atomic E-state index is 10.9. The van der Waals surface area contributed by atoms with Gasteiger partial charge in [0.2, 0.25) is 0 Å². The predicted octanol–water partition coefficient (Wildman–Crippen LogP) is -0.966. The Morgan fingerprint density at radius 1 is 0.973 bits per heavy atom. The minimum atomic E-state index is -1.58. The number of hydrogen-bond acceptors (Lipinski definition) is 11. The number of aliphatic hydroxyl groups excluding tert-OH is 7.